The van der Waals surface area contributed by atoms with Crippen LogP contribution in [0.3, 0.4) is 0 Å². The van der Waals surface area contributed by atoms with Gasteiger partial charge in [-0.2, -0.15) is 0 Å². The zero-order valence-corrected chi connectivity index (χ0v) is 65.6. The van der Waals surface area contributed by atoms with Gasteiger partial charge >= 0.3 is 5.97 Å². The van der Waals surface area contributed by atoms with Crippen molar-refractivity contribution in [3.05, 3.63) is 152 Å². The number of nitrogens with zero attached hydrogens (tertiary/aromatic N) is 1. The van der Waals surface area contributed by atoms with Crippen molar-refractivity contribution in [3.8, 4) is 57.1 Å². The van der Waals surface area contributed by atoms with Gasteiger partial charge in [0.2, 0.25) is 53.4 Å². The van der Waals surface area contributed by atoms with E-state index in [9.17, 15) is 75.0 Å². The minimum atomic E-state index is -2.36. The Hall–Kier alpha value is -10.5. The highest BCUT2D eigenvalue weighted by molar-refractivity contribution is 6.32. The smallest absolute Gasteiger partial charge is 0.330 e. The van der Waals surface area contributed by atoms with Gasteiger partial charge in [0, 0.05) is 63.6 Å². The Kier molecular flexibility index (Phi) is 26.5. The van der Waals surface area contributed by atoms with E-state index in [-0.39, 0.29) is 46.2 Å². The first-order valence-electron chi connectivity index (χ1n) is 37.3. The van der Waals surface area contributed by atoms with Gasteiger partial charge in [-0.15, -0.1) is 0 Å². The molecule has 14 rings (SSSR count). The molecule has 2 fully saturated rings. The van der Waals surface area contributed by atoms with Gasteiger partial charge in [-0.1, -0.05) is 66.8 Å². The standard InChI is InChI=1S/C79H88Cl3N11O24/c1-32(2)20-47(84-5)71(104)92-62-64(99)35-9-14-51(43(81)22-35)113-53-24-37-25-54(68(53)117-78-69(67(102)66(101)55(31-94)115-78)116-57-30-79(4,70(103)33(3)112-57)87-18-7-6-17-85-45-16-19-86-46-26-38(80)11-12-40(45)46)114-52-15-10-36(23-44(52)82)65(100)63-76(109)91-61(77(110)111)42-27-39(95)28-50(97)58(42)41-21-34(8-13-49(41)96)59(73(106)93-63)90-74(107)60(37)89-72(105)48(29-56(83)98)88-75(62)108/h8-16,19,21-28,32-33,47-48,55,57,59-67,69-70,78,84,87,94-97,99-103H,6-7,17-18,20,29-31H2,1-5H3,(H2,83,98)(H,85,86)(H,88,108)(H,89,105)(H,90,107)(H,91,109)(H,92,104)(H,93,106)(H,110,111)/t33?,47-,48+,55?,57?,59-,60-,61?,62-,63+,64-,65-,66?,67?,69?,70?,78?,79?/m1/s1. The van der Waals surface area contributed by atoms with Crippen molar-refractivity contribution in [1.29, 1.82) is 0 Å². The van der Waals surface area contributed by atoms with E-state index in [1.54, 1.807) is 32.2 Å². The normalized spacial score (nSPS) is 27.0. The van der Waals surface area contributed by atoms with Crippen LogP contribution >= 0.6 is 34.8 Å². The van der Waals surface area contributed by atoms with Crippen LogP contribution in [0.25, 0.3) is 22.0 Å². The van der Waals surface area contributed by atoms with Crippen LogP contribution < -0.4 is 67.8 Å². The minimum Gasteiger partial charge on any atom is -0.508 e. The van der Waals surface area contributed by atoms with Crippen LogP contribution in [-0.4, -0.2) is 209 Å². The van der Waals surface area contributed by atoms with Crippen molar-refractivity contribution in [2.45, 2.75) is 169 Å². The molecular formula is C79H88Cl3N11O24. The number of phenolic OH excluding ortho intramolecular Hbond substituents is 3. The number of carboxylic acid groups (broad SMARTS) is 1. The fourth-order valence-electron chi connectivity index (χ4n) is 14.8. The predicted molar refractivity (Wildman–Crippen MR) is 418 cm³/mol. The summed E-state index contributed by atoms with van der Waals surface area (Å²) in [6.07, 6.45) is -15.6. The lowest BCUT2D eigenvalue weighted by Gasteiger charge is -2.48. The molecule has 21 N–H and O–H groups in total. The average molecular weight is 1680 g/mol. The van der Waals surface area contributed by atoms with Gasteiger partial charge in [0.1, 0.15) is 89.5 Å². The second-order valence-corrected chi connectivity index (χ2v) is 31.0. The summed E-state index contributed by atoms with van der Waals surface area (Å²) >= 11 is 20.5. The number of phenols is 3. The van der Waals surface area contributed by atoms with Crippen LogP contribution in [0, 0.1) is 5.92 Å². The summed E-state index contributed by atoms with van der Waals surface area (Å²) in [5.41, 5.74) is 3.31. The van der Waals surface area contributed by atoms with Crippen molar-refractivity contribution in [3.63, 3.8) is 0 Å². The molecule has 0 radical (unpaired) electrons. The Labute approximate surface area is 682 Å². The minimum absolute atomic E-state index is 0.107. The zero-order valence-electron chi connectivity index (χ0n) is 63.3. The van der Waals surface area contributed by atoms with Gasteiger partial charge in [-0.05, 0) is 154 Å². The Morgan fingerprint density at radius 2 is 1.35 bits per heavy atom. The highest BCUT2D eigenvalue weighted by Crippen LogP contribution is 2.50. The van der Waals surface area contributed by atoms with Crippen LogP contribution in [0.5, 0.6) is 46.0 Å². The van der Waals surface area contributed by atoms with Crippen LogP contribution in [0.4, 0.5) is 5.69 Å². The van der Waals surface area contributed by atoms with Gasteiger partial charge in [0.25, 0.3) is 0 Å². The molecule has 38 heteroatoms. The van der Waals surface area contributed by atoms with Gasteiger partial charge < -0.3 is 133 Å². The fourth-order valence-corrected chi connectivity index (χ4v) is 15.4. The summed E-state index contributed by atoms with van der Waals surface area (Å²) in [7, 11) is 1.48. The molecule has 11 bridgehead atoms. The number of primary amides is 1. The molecule has 0 aliphatic carbocycles. The first-order valence-corrected chi connectivity index (χ1v) is 38.5. The average Bonchev–Trinajstić information content (AvgIpc) is 0.737. The van der Waals surface area contributed by atoms with Gasteiger partial charge in [0.05, 0.1) is 46.8 Å². The summed E-state index contributed by atoms with van der Waals surface area (Å²) in [6.45, 7) is 6.89. The molecule has 8 heterocycles. The first-order chi connectivity index (χ1) is 55.6. The molecule has 0 spiro atoms. The van der Waals surface area contributed by atoms with Crippen molar-refractivity contribution in [1.82, 2.24) is 47.5 Å². The van der Waals surface area contributed by atoms with Crippen LogP contribution in [0.1, 0.15) is 118 Å². The van der Waals surface area contributed by atoms with Gasteiger partial charge in [0.15, 0.2) is 29.9 Å². The van der Waals surface area contributed by atoms with Gasteiger partial charge in [-0.3, -0.25) is 38.5 Å². The van der Waals surface area contributed by atoms with Crippen LogP contribution in [-0.2, 0) is 52.6 Å². The number of aliphatic carboxylic acids is 1. The molecule has 35 nitrogen and oxygen atoms in total. The monoisotopic (exact) mass is 1680 g/mol. The van der Waals surface area contributed by atoms with Crippen molar-refractivity contribution in [2.75, 3.05) is 32.1 Å². The molecule has 7 amide bonds. The fraction of sp³-hybridized carbons (Fsp3) is 0.405. The molecule has 7 aliphatic heterocycles. The number of anilines is 1. The molecule has 7 aliphatic rings. The molecule has 18 atom stereocenters. The maximum Gasteiger partial charge on any atom is 0.330 e. The first kappa shape index (κ1) is 85.9. The third-order valence-electron chi connectivity index (χ3n) is 20.9. The summed E-state index contributed by atoms with van der Waals surface area (Å²) in [5, 5.41) is 141. The Bertz CT molecular complexity index is 4970. The van der Waals surface area contributed by atoms with E-state index in [0.29, 0.717) is 36.5 Å². The van der Waals surface area contributed by atoms with E-state index in [1.807, 2.05) is 26.0 Å². The van der Waals surface area contributed by atoms with E-state index in [2.05, 4.69) is 52.8 Å². The number of likely N-dealkylation sites (N-methyl/N-ethyl adjacent to an activating group) is 1. The number of nitrogens with one attached hydrogen (secondary N) is 9. The number of halogens is 3. The number of fused-ring (bicyclic) bond motifs is 16. The van der Waals surface area contributed by atoms with E-state index >= 15 is 14.4 Å². The molecular weight excluding hydrogens is 1590 g/mol. The Morgan fingerprint density at radius 3 is 2.00 bits per heavy atom. The summed E-state index contributed by atoms with van der Waals surface area (Å²) in [5.74, 6) is -16.0. The number of hydrogen-bond acceptors (Lipinski definition) is 27. The predicted octanol–water partition coefficient (Wildman–Crippen LogP) is 3.83. The second kappa shape index (κ2) is 36.2. The van der Waals surface area contributed by atoms with Crippen LogP contribution in [0.2, 0.25) is 15.1 Å². The number of carboxylic acids is 1. The quantitative estimate of drug-likeness (QED) is 0.0482. The summed E-state index contributed by atoms with van der Waals surface area (Å²) in [4.78, 5) is 122. The summed E-state index contributed by atoms with van der Waals surface area (Å²) < 4.78 is 39.5. The number of benzene rings is 6. The van der Waals surface area contributed by atoms with Gasteiger partial charge in [-0.25, -0.2) is 4.79 Å². The number of rotatable bonds is 20. The van der Waals surface area contributed by atoms with E-state index in [4.69, 9.17) is 69.0 Å². The van der Waals surface area contributed by atoms with Crippen molar-refractivity contribution in [2.24, 2.45) is 11.7 Å². The third-order valence-corrected chi connectivity index (χ3v) is 21.7. The highest BCUT2D eigenvalue weighted by Gasteiger charge is 2.52. The number of nitrogens with two attached hydrogens (primary N) is 1. The largest absolute Gasteiger partial charge is 0.508 e. The number of aromatic nitrogens is 1. The number of carbonyl (C=O) groups excluding carboxylic acids is 7. The lowest BCUT2D eigenvalue weighted by Crippen LogP contribution is -2.65. The van der Waals surface area contributed by atoms with E-state index in [1.165, 1.54) is 19.2 Å². The Morgan fingerprint density at radius 1 is 0.701 bits per heavy atom. The molecule has 2 saturated heterocycles. The molecule has 10 unspecified atom stereocenters. The maximum absolute atomic E-state index is 16.2. The number of pyridine rings is 1. The summed E-state index contributed by atoms with van der Waals surface area (Å²) in [6, 6.07) is 6.63. The number of aliphatic hydroxyl groups is 6. The molecule has 7 aromatic rings. The number of ether oxygens (including phenoxy) is 6. The molecule has 624 valence electrons. The topological polar surface area (TPSA) is 541 Å². The molecule has 1 aromatic heterocycles. The molecule has 6 aromatic carbocycles. The molecule has 0 saturated carbocycles. The number of aromatic hydroxyl groups is 3. The van der Waals surface area contributed by atoms with Crippen LogP contribution in [0.15, 0.2) is 109 Å². The lowest BCUT2D eigenvalue weighted by molar-refractivity contribution is -0.334. The third kappa shape index (κ3) is 18.9. The SMILES string of the molecule is CN[C@H](CC(C)C)C(=O)N[C@H]1C(=O)N[C@@H](CC(N)=O)C(=O)N[C@H]2C(=O)N[C@H]3C(=O)N[C@H](C(=O)NC(C(=O)O)c4cc(O)cc(O)c4-c4cc3ccc4O)[C@H](O)c3ccc(c(Cl)c3)Oc3cc2cc(c3OC2OC(CO)C(O)C(O)C2OC2CC(C)(NCCCCNc3ccnc4cc(Cl)ccc34)C(O)C(C)O2)Oc2ccc(cc2Cl)[C@H]1O. The van der Waals surface area contributed by atoms with E-state index < -0.39 is 237 Å². The lowest BCUT2D eigenvalue weighted by atomic mass is 9.85. The number of carbonyl (C=O) groups is 8. The number of aliphatic hydroxyl groups excluding tert-OH is 6. The highest BCUT2D eigenvalue weighted by atomic mass is 35.5. The van der Waals surface area contributed by atoms with Crippen molar-refractivity contribution >= 4 is 98.7 Å². The molecule has 117 heavy (non-hydrogen) atoms. The Balaban J connectivity index is 1.01. The number of hydrogen-bond donors (Lipinski definition) is 20. The number of amides is 7. The van der Waals surface area contributed by atoms with Crippen molar-refractivity contribution < 1.29 is 118 Å². The van der Waals surface area contributed by atoms with E-state index in [0.717, 1.165) is 77.8 Å². The second-order valence-electron chi connectivity index (χ2n) is 29.7. The number of unbranched alkanes of at least 4 members (excludes halogenated alkanes) is 1. The zero-order chi connectivity index (χ0) is 84.3. The maximum atomic E-state index is 16.2.